The van der Waals surface area contributed by atoms with E-state index in [1.54, 1.807) is 0 Å². The zero-order chi connectivity index (χ0) is 8.65. The summed E-state index contributed by atoms with van der Waals surface area (Å²) in [5, 5.41) is 3.26. The maximum atomic E-state index is 5.45. The molecule has 0 aromatic carbocycles. The average molecular weight is 171 g/mol. The zero-order valence-electron chi connectivity index (χ0n) is 7.58. The van der Waals surface area contributed by atoms with E-state index in [4.69, 9.17) is 9.47 Å². The lowest BCUT2D eigenvalue weighted by Crippen LogP contribution is -2.37. The molecule has 0 saturated carbocycles. The van der Waals surface area contributed by atoms with Crippen LogP contribution in [0.2, 0.25) is 0 Å². The number of hydrogen-bond donors (Lipinski definition) is 1. The molecule has 1 aliphatic rings. The summed E-state index contributed by atoms with van der Waals surface area (Å²) >= 11 is 0. The van der Waals surface area contributed by atoms with Crippen LogP contribution >= 0.6 is 0 Å². The van der Waals surface area contributed by atoms with Gasteiger partial charge in [0, 0.05) is 13.1 Å². The van der Waals surface area contributed by atoms with Crippen molar-refractivity contribution >= 4 is 0 Å². The first-order valence-corrected chi connectivity index (χ1v) is 4.44. The molecule has 1 aliphatic heterocycles. The molecule has 70 valence electrons. The number of ether oxygens (including phenoxy) is 2. The van der Waals surface area contributed by atoms with Gasteiger partial charge >= 0.3 is 0 Å². The first-order chi connectivity index (χ1) is 5.93. The van der Waals surface area contributed by atoms with Crippen LogP contribution in [0.15, 0.2) is 12.2 Å². The minimum Gasteiger partial charge on any atom is -0.376 e. The minimum atomic E-state index is 0.240. The number of rotatable bonds is 4. The van der Waals surface area contributed by atoms with Crippen molar-refractivity contribution in [3.05, 3.63) is 12.2 Å². The molecular weight excluding hydrogens is 154 g/mol. The van der Waals surface area contributed by atoms with Gasteiger partial charge in [-0.2, -0.15) is 0 Å². The molecule has 1 atom stereocenters. The Balaban J connectivity index is 1.97. The maximum Gasteiger partial charge on any atom is 0.0933 e. The Morgan fingerprint density at radius 1 is 1.50 bits per heavy atom. The van der Waals surface area contributed by atoms with Crippen molar-refractivity contribution in [1.29, 1.82) is 0 Å². The summed E-state index contributed by atoms with van der Waals surface area (Å²) in [6, 6.07) is 0. The Bertz CT molecular complexity index is 130. The molecule has 0 aromatic rings. The molecular formula is C9H17NO2. The monoisotopic (exact) mass is 171 g/mol. The van der Waals surface area contributed by atoms with Gasteiger partial charge in [-0.25, -0.2) is 0 Å². The second-order valence-electron chi connectivity index (χ2n) is 2.79. The number of nitrogens with one attached hydrogen (secondary N) is 1. The fraction of sp³-hybridized carbons (Fsp3) is 0.778. The lowest BCUT2D eigenvalue weighted by molar-refractivity contribution is -0.0860. The Kier molecular flexibility index (Phi) is 4.99. The summed E-state index contributed by atoms with van der Waals surface area (Å²) in [4.78, 5) is 0. The summed E-state index contributed by atoms with van der Waals surface area (Å²) in [6.45, 7) is 6.01. The van der Waals surface area contributed by atoms with E-state index in [-0.39, 0.29) is 6.10 Å². The van der Waals surface area contributed by atoms with Gasteiger partial charge in [-0.05, 0) is 6.92 Å². The van der Waals surface area contributed by atoms with Crippen LogP contribution in [0.25, 0.3) is 0 Å². The summed E-state index contributed by atoms with van der Waals surface area (Å²) in [6.07, 6.45) is 4.36. The van der Waals surface area contributed by atoms with Gasteiger partial charge in [0.05, 0.1) is 25.9 Å². The molecule has 0 spiro atoms. The van der Waals surface area contributed by atoms with Crippen molar-refractivity contribution in [2.75, 3.05) is 32.9 Å². The van der Waals surface area contributed by atoms with Crippen molar-refractivity contribution < 1.29 is 9.47 Å². The molecule has 1 heterocycles. The SMILES string of the molecule is C/C=C/CNCC1COCCO1. The average Bonchev–Trinajstić information content (AvgIpc) is 2.14. The van der Waals surface area contributed by atoms with Crippen molar-refractivity contribution in [1.82, 2.24) is 5.32 Å². The lowest BCUT2D eigenvalue weighted by atomic mass is 10.3. The third kappa shape index (κ3) is 3.85. The van der Waals surface area contributed by atoms with Gasteiger partial charge in [-0.3, -0.25) is 0 Å². The molecule has 3 heteroatoms. The Morgan fingerprint density at radius 2 is 2.42 bits per heavy atom. The highest BCUT2D eigenvalue weighted by Crippen LogP contribution is 1.98. The van der Waals surface area contributed by atoms with Crippen LogP contribution in [-0.4, -0.2) is 39.0 Å². The van der Waals surface area contributed by atoms with Gasteiger partial charge in [0.2, 0.25) is 0 Å². The Labute approximate surface area is 73.7 Å². The highest BCUT2D eigenvalue weighted by molar-refractivity contribution is 4.80. The summed E-state index contributed by atoms with van der Waals surface area (Å²) in [5.74, 6) is 0. The lowest BCUT2D eigenvalue weighted by Gasteiger charge is -2.22. The fourth-order valence-electron chi connectivity index (χ4n) is 1.10. The van der Waals surface area contributed by atoms with Crippen LogP contribution in [0.3, 0.4) is 0 Å². The molecule has 12 heavy (non-hydrogen) atoms. The maximum absolute atomic E-state index is 5.45. The molecule has 0 radical (unpaired) electrons. The summed E-state index contributed by atoms with van der Waals surface area (Å²) in [5.41, 5.74) is 0. The highest BCUT2D eigenvalue weighted by Gasteiger charge is 2.12. The summed E-state index contributed by atoms with van der Waals surface area (Å²) in [7, 11) is 0. The molecule has 1 unspecified atom stereocenters. The number of allylic oxidation sites excluding steroid dienone is 1. The largest absolute Gasteiger partial charge is 0.376 e. The van der Waals surface area contributed by atoms with Crippen molar-refractivity contribution in [3.8, 4) is 0 Å². The first kappa shape index (κ1) is 9.71. The number of hydrogen-bond acceptors (Lipinski definition) is 3. The van der Waals surface area contributed by atoms with Crippen LogP contribution in [0.1, 0.15) is 6.92 Å². The van der Waals surface area contributed by atoms with Gasteiger partial charge in [0.15, 0.2) is 0 Å². The normalized spacial score (nSPS) is 24.9. The molecule has 1 N–H and O–H groups in total. The van der Waals surface area contributed by atoms with Gasteiger partial charge in [0.1, 0.15) is 0 Å². The van der Waals surface area contributed by atoms with Crippen LogP contribution in [0.5, 0.6) is 0 Å². The third-order valence-electron chi connectivity index (χ3n) is 1.75. The Hall–Kier alpha value is -0.380. The van der Waals surface area contributed by atoms with Crippen molar-refractivity contribution in [3.63, 3.8) is 0 Å². The standard InChI is InChI=1S/C9H17NO2/c1-2-3-4-10-7-9-8-11-5-6-12-9/h2-3,9-10H,4-8H2,1H3/b3-2+. The molecule has 1 fully saturated rings. The fourth-order valence-corrected chi connectivity index (χ4v) is 1.10. The van der Waals surface area contributed by atoms with Gasteiger partial charge < -0.3 is 14.8 Å². The molecule has 1 rings (SSSR count). The van der Waals surface area contributed by atoms with Gasteiger partial charge in [-0.15, -0.1) is 0 Å². The minimum absolute atomic E-state index is 0.240. The van der Waals surface area contributed by atoms with E-state index in [0.717, 1.165) is 32.9 Å². The molecule has 0 aromatic heterocycles. The highest BCUT2D eigenvalue weighted by atomic mass is 16.6. The predicted molar refractivity (Wildman–Crippen MR) is 48.2 cm³/mol. The zero-order valence-corrected chi connectivity index (χ0v) is 7.58. The van der Waals surface area contributed by atoms with Crippen molar-refractivity contribution in [2.45, 2.75) is 13.0 Å². The van der Waals surface area contributed by atoms with E-state index in [2.05, 4.69) is 11.4 Å². The third-order valence-corrected chi connectivity index (χ3v) is 1.75. The second-order valence-corrected chi connectivity index (χ2v) is 2.79. The van der Waals surface area contributed by atoms with Crippen LogP contribution in [0, 0.1) is 0 Å². The van der Waals surface area contributed by atoms with E-state index in [9.17, 15) is 0 Å². The molecule has 0 bridgehead atoms. The van der Waals surface area contributed by atoms with Crippen LogP contribution < -0.4 is 5.32 Å². The quantitative estimate of drug-likeness (QED) is 0.495. The van der Waals surface area contributed by atoms with E-state index in [0.29, 0.717) is 0 Å². The molecule has 3 nitrogen and oxygen atoms in total. The molecule has 0 aliphatic carbocycles. The van der Waals surface area contributed by atoms with Crippen molar-refractivity contribution in [2.24, 2.45) is 0 Å². The first-order valence-electron chi connectivity index (χ1n) is 4.44. The summed E-state index contributed by atoms with van der Waals surface area (Å²) < 4.78 is 10.7. The topological polar surface area (TPSA) is 30.5 Å². The predicted octanol–water partition coefficient (Wildman–Crippen LogP) is 0.567. The van der Waals surface area contributed by atoms with Gasteiger partial charge in [-0.1, -0.05) is 12.2 Å². The molecule has 1 saturated heterocycles. The van der Waals surface area contributed by atoms with Crippen LogP contribution in [-0.2, 0) is 9.47 Å². The van der Waals surface area contributed by atoms with Gasteiger partial charge in [0.25, 0.3) is 0 Å². The van der Waals surface area contributed by atoms with Crippen LogP contribution in [0.4, 0.5) is 0 Å². The van der Waals surface area contributed by atoms with E-state index in [1.807, 2.05) is 13.0 Å². The molecule has 0 amide bonds. The van der Waals surface area contributed by atoms with E-state index >= 15 is 0 Å². The Morgan fingerprint density at radius 3 is 3.08 bits per heavy atom. The van der Waals surface area contributed by atoms with E-state index in [1.165, 1.54) is 0 Å². The van der Waals surface area contributed by atoms with E-state index < -0.39 is 0 Å². The second kappa shape index (κ2) is 6.17. The smallest absolute Gasteiger partial charge is 0.0933 e.